The van der Waals surface area contributed by atoms with Gasteiger partial charge in [-0.1, -0.05) is 0 Å². The van der Waals surface area contributed by atoms with E-state index in [0.717, 1.165) is 6.92 Å². The van der Waals surface area contributed by atoms with Gasteiger partial charge in [0.25, 0.3) is 6.10 Å². The number of pyridine rings is 1. The van der Waals surface area contributed by atoms with Gasteiger partial charge in [0.15, 0.2) is 0 Å². The van der Waals surface area contributed by atoms with E-state index in [1.807, 2.05) is 0 Å². The average Bonchev–Trinajstić information content (AvgIpc) is 2.20. The minimum atomic E-state index is -5.74. The standard InChI is InChI=1S/C11H9F6NO3/c1-4-3-6(7(8(19)20)5(2)18-4)21-9(10(12,13)14)11(15,16)17/h3,9H,1-2H3,(H,19,20). The Morgan fingerprint density at radius 2 is 1.67 bits per heavy atom. The highest BCUT2D eigenvalue weighted by molar-refractivity contribution is 5.92. The number of halogens is 6. The number of aromatic nitrogens is 1. The number of ether oxygens (including phenoxy) is 1. The third kappa shape index (κ3) is 3.99. The molecule has 4 nitrogen and oxygen atoms in total. The van der Waals surface area contributed by atoms with Crippen LogP contribution in [-0.2, 0) is 0 Å². The summed E-state index contributed by atoms with van der Waals surface area (Å²) >= 11 is 0. The second-order valence-corrected chi connectivity index (χ2v) is 4.11. The average molecular weight is 317 g/mol. The summed E-state index contributed by atoms with van der Waals surface area (Å²) in [4.78, 5) is 14.6. The molecular weight excluding hydrogens is 308 g/mol. The number of aryl methyl sites for hydroxylation is 2. The Hall–Kier alpha value is -2.00. The Bertz CT molecular complexity index is 538. The summed E-state index contributed by atoms with van der Waals surface area (Å²) in [6, 6.07) is 0.709. The van der Waals surface area contributed by atoms with Gasteiger partial charge in [0.2, 0.25) is 0 Å². The van der Waals surface area contributed by atoms with Crippen LogP contribution in [0.2, 0.25) is 0 Å². The van der Waals surface area contributed by atoms with E-state index in [9.17, 15) is 31.1 Å². The molecule has 0 saturated carbocycles. The first-order valence-electron chi connectivity index (χ1n) is 5.35. The Labute approximate surface area is 114 Å². The fraction of sp³-hybridized carbons (Fsp3) is 0.455. The van der Waals surface area contributed by atoms with Gasteiger partial charge in [-0.3, -0.25) is 4.98 Å². The Morgan fingerprint density at radius 1 is 1.19 bits per heavy atom. The number of carboxylic acid groups (broad SMARTS) is 1. The van der Waals surface area contributed by atoms with E-state index in [1.165, 1.54) is 6.92 Å². The molecular formula is C11H9F6NO3. The van der Waals surface area contributed by atoms with Gasteiger partial charge in [-0.2, -0.15) is 26.3 Å². The maximum Gasteiger partial charge on any atom is 0.434 e. The Morgan fingerprint density at radius 3 is 2.05 bits per heavy atom. The molecule has 0 fully saturated rings. The smallest absolute Gasteiger partial charge is 0.434 e. The largest absolute Gasteiger partial charge is 0.477 e. The van der Waals surface area contributed by atoms with Crippen LogP contribution in [-0.4, -0.2) is 34.5 Å². The zero-order chi connectivity index (χ0) is 16.6. The molecule has 118 valence electrons. The van der Waals surface area contributed by atoms with Gasteiger partial charge in [-0.25, -0.2) is 4.79 Å². The predicted molar refractivity (Wildman–Crippen MR) is 57.2 cm³/mol. The molecule has 0 amide bonds. The fourth-order valence-electron chi connectivity index (χ4n) is 1.59. The van der Waals surface area contributed by atoms with E-state index >= 15 is 0 Å². The molecule has 1 aromatic heterocycles. The number of hydrogen-bond acceptors (Lipinski definition) is 3. The van der Waals surface area contributed by atoms with Crippen molar-refractivity contribution in [1.82, 2.24) is 4.98 Å². The van der Waals surface area contributed by atoms with Crippen LogP contribution in [0.15, 0.2) is 6.07 Å². The Kier molecular flexibility index (Phi) is 4.40. The Balaban J connectivity index is 3.37. The first-order valence-corrected chi connectivity index (χ1v) is 5.35. The van der Waals surface area contributed by atoms with E-state index in [2.05, 4.69) is 9.72 Å². The second-order valence-electron chi connectivity index (χ2n) is 4.11. The summed E-state index contributed by atoms with van der Waals surface area (Å²) in [5.41, 5.74) is -1.07. The van der Waals surface area contributed by atoms with Crippen molar-refractivity contribution in [3.05, 3.63) is 23.0 Å². The van der Waals surface area contributed by atoms with E-state index in [4.69, 9.17) is 5.11 Å². The molecule has 1 rings (SSSR count). The highest BCUT2D eigenvalue weighted by Crippen LogP contribution is 2.37. The molecule has 0 aromatic carbocycles. The van der Waals surface area contributed by atoms with Gasteiger partial charge in [-0.05, 0) is 13.8 Å². The number of hydrogen-bond donors (Lipinski definition) is 1. The zero-order valence-corrected chi connectivity index (χ0v) is 10.6. The van der Waals surface area contributed by atoms with Crippen molar-refractivity contribution in [3.8, 4) is 5.75 Å². The van der Waals surface area contributed by atoms with Crippen molar-refractivity contribution in [2.75, 3.05) is 0 Å². The lowest BCUT2D eigenvalue weighted by Crippen LogP contribution is -2.46. The van der Waals surface area contributed by atoms with Crippen LogP contribution in [0.5, 0.6) is 5.75 Å². The maximum atomic E-state index is 12.4. The quantitative estimate of drug-likeness (QED) is 0.869. The third-order valence-corrected chi connectivity index (χ3v) is 2.35. The lowest BCUT2D eigenvalue weighted by Gasteiger charge is -2.24. The maximum absolute atomic E-state index is 12.4. The van der Waals surface area contributed by atoms with Gasteiger partial charge in [0.05, 0.1) is 5.69 Å². The number of alkyl halides is 6. The molecule has 0 spiro atoms. The molecule has 0 aliphatic carbocycles. The normalized spacial score (nSPS) is 12.6. The van der Waals surface area contributed by atoms with Gasteiger partial charge in [0, 0.05) is 11.8 Å². The van der Waals surface area contributed by atoms with Crippen molar-refractivity contribution in [3.63, 3.8) is 0 Å². The summed E-state index contributed by atoms with van der Waals surface area (Å²) in [6.07, 6.45) is -15.6. The van der Waals surface area contributed by atoms with Gasteiger partial charge in [-0.15, -0.1) is 0 Å². The lowest BCUT2D eigenvalue weighted by molar-refractivity contribution is -0.300. The highest BCUT2D eigenvalue weighted by Gasteiger charge is 2.59. The molecule has 1 heterocycles. The van der Waals surface area contributed by atoms with E-state index in [1.54, 1.807) is 0 Å². The molecule has 1 aromatic rings. The van der Waals surface area contributed by atoms with E-state index in [-0.39, 0.29) is 11.4 Å². The molecule has 0 saturated heterocycles. The first kappa shape index (κ1) is 17.1. The van der Waals surface area contributed by atoms with Crippen LogP contribution in [0.25, 0.3) is 0 Å². The van der Waals surface area contributed by atoms with Crippen molar-refractivity contribution in [1.29, 1.82) is 0 Å². The first-order chi connectivity index (χ1) is 9.34. The minimum absolute atomic E-state index is 0.0237. The molecule has 0 bridgehead atoms. The van der Waals surface area contributed by atoms with Crippen LogP contribution >= 0.6 is 0 Å². The summed E-state index contributed by atoms with van der Waals surface area (Å²) in [7, 11) is 0. The van der Waals surface area contributed by atoms with Crippen molar-refractivity contribution in [2.45, 2.75) is 32.3 Å². The number of aromatic carboxylic acids is 1. The number of nitrogens with zero attached hydrogens (tertiary/aromatic N) is 1. The second kappa shape index (κ2) is 5.41. The lowest BCUT2D eigenvalue weighted by atomic mass is 10.1. The minimum Gasteiger partial charge on any atom is -0.477 e. The van der Waals surface area contributed by atoms with Crippen LogP contribution in [0, 0.1) is 13.8 Å². The number of carbonyl (C=O) groups is 1. The molecule has 0 aliphatic heterocycles. The monoisotopic (exact) mass is 317 g/mol. The van der Waals surface area contributed by atoms with Crippen LogP contribution in [0.4, 0.5) is 26.3 Å². The third-order valence-electron chi connectivity index (χ3n) is 2.35. The van der Waals surface area contributed by atoms with E-state index < -0.39 is 35.7 Å². The summed E-state index contributed by atoms with van der Waals surface area (Å²) in [6.45, 7) is 2.42. The predicted octanol–water partition coefficient (Wildman–Crippen LogP) is 3.27. The zero-order valence-electron chi connectivity index (χ0n) is 10.6. The topological polar surface area (TPSA) is 59.4 Å². The van der Waals surface area contributed by atoms with Crippen LogP contribution in [0.3, 0.4) is 0 Å². The molecule has 0 radical (unpaired) electrons. The molecule has 1 N–H and O–H groups in total. The van der Waals surface area contributed by atoms with Gasteiger partial charge in [0.1, 0.15) is 11.3 Å². The number of carboxylic acids is 1. The summed E-state index contributed by atoms with van der Waals surface area (Å²) < 4.78 is 78.5. The van der Waals surface area contributed by atoms with Crippen LogP contribution < -0.4 is 4.74 Å². The van der Waals surface area contributed by atoms with E-state index in [0.29, 0.717) is 6.07 Å². The SMILES string of the molecule is Cc1cc(OC(C(F)(F)F)C(F)(F)F)c(C(=O)O)c(C)n1. The molecule has 0 aliphatic rings. The molecule has 10 heteroatoms. The number of rotatable bonds is 3. The van der Waals surface area contributed by atoms with Crippen molar-refractivity contribution in [2.24, 2.45) is 0 Å². The molecule has 21 heavy (non-hydrogen) atoms. The van der Waals surface area contributed by atoms with Crippen molar-refractivity contribution >= 4 is 5.97 Å². The molecule has 0 unspecified atom stereocenters. The van der Waals surface area contributed by atoms with Crippen LogP contribution in [0.1, 0.15) is 21.7 Å². The van der Waals surface area contributed by atoms with Crippen molar-refractivity contribution < 1.29 is 41.0 Å². The summed E-state index contributed by atoms with van der Waals surface area (Å²) in [5, 5.41) is 8.87. The van der Waals surface area contributed by atoms with Gasteiger partial charge < -0.3 is 9.84 Å². The highest BCUT2D eigenvalue weighted by atomic mass is 19.4. The van der Waals surface area contributed by atoms with Gasteiger partial charge >= 0.3 is 18.3 Å². The summed E-state index contributed by atoms with van der Waals surface area (Å²) in [5.74, 6) is -2.77. The molecule has 0 atom stereocenters. The fourth-order valence-corrected chi connectivity index (χ4v) is 1.59.